The van der Waals surface area contributed by atoms with Crippen molar-refractivity contribution in [2.24, 2.45) is 0 Å². The minimum atomic E-state index is -0.133. The Morgan fingerprint density at radius 2 is 1.81 bits per heavy atom. The van der Waals surface area contributed by atoms with Crippen LogP contribution in [-0.4, -0.2) is 31.2 Å². The number of Topliss-reactive ketones (excluding diaryl/α,β-unsaturated/α-hetero) is 1. The van der Waals surface area contributed by atoms with Gasteiger partial charge in [-0.15, -0.1) is 0 Å². The van der Waals surface area contributed by atoms with Crippen LogP contribution >= 0.6 is 0 Å². The molecule has 2 rings (SSSR count). The summed E-state index contributed by atoms with van der Waals surface area (Å²) >= 11 is 0. The maximum atomic E-state index is 12.1. The lowest BCUT2D eigenvalue weighted by Crippen LogP contribution is -2.12. The van der Waals surface area contributed by atoms with Crippen LogP contribution in [0.2, 0.25) is 0 Å². The molecular weight excluding hydrogens is 268 g/mol. The fraction of sp³-hybridized carbons (Fsp3) is 0.235. The van der Waals surface area contributed by atoms with Crippen LogP contribution in [0.5, 0.6) is 11.5 Å². The van der Waals surface area contributed by atoms with Crippen LogP contribution < -0.4 is 9.47 Å². The molecule has 0 aliphatic carbocycles. The molecule has 0 heterocycles. The van der Waals surface area contributed by atoms with Crippen molar-refractivity contribution in [3.63, 3.8) is 0 Å². The van der Waals surface area contributed by atoms with E-state index >= 15 is 0 Å². The molecule has 4 nitrogen and oxygen atoms in total. The molecule has 2 aromatic carbocycles. The van der Waals surface area contributed by atoms with E-state index in [4.69, 9.17) is 14.6 Å². The SMILES string of the molecule is COc1ccccc1C(=O)COc1ccc(CCO)cc1. The zero-order valence-corrected chi connectivity index (χ0v) is 11.9. The van der Waals surface area contributed by atoms with E-state index in [1.54, 1.807) is 30.3 Å². The van der Waals surface area contributed by atoms with Crippen LogP contribution in [0.4, 0.5) is 0 Å². The van der Waals surface area contributed by atoms with Crippen LogP contribution in [0.1, 0.15) is 15.9 Å². The summed E-state index contributed by atoms with van der Waals surface area (Å²) in [5.74, 6) is 1.04. The van der Waals surface area contributed by atoms with Crippen LogP contribution in [0, 0.1) is 0 Å². The maximum absolute atomic E-state index is 12.1. The van der Waals surface area contributed by atoms with Crippen molar-refractivity contribution in [3.05, 3.63) is 59.7 Å². The van der Waals surface area contributed by atoms with E-state index < -0.39 is 0 Å². The number of benzene rings is 2. The third kappa shape index (κ3) is 4.07. The highest BCUT2D eigenvalue weighted by molar-refractivity contribution is 5.99. The summed E-state index contributed by atoms with van der Waals surface area (Å²) in [6.45, 7) is 0.0756. The summed E-state index contributed by atoms with van der Waals surface area (Å²) in [7, 11) is 1.53. The Labute approximate surface area is 123 Å². The largest absolute Gasteiger partial charge is 0.496 e. The van der Waals surface area contributed by atoms with E-state index in [0.717, 1.165) is 5.56 Å². The Bertz CT molecular complexity index is 590. The first-order chi connectivity index (χ1) is 10.2. The highest BCUT2D eigenvalue weighted by Gasteiger charge is 2.12. The average Bonchev–Trinajstić information content (AvgIpc) is 2.54. The molecule has 0 bridgehead atoms. The Kier molecular flexibility index (Phi) is 5.35. The topological polar surface area (TPSA) is 55.8 Å². The Hall–Kier alpha value is -2.33. The quantitative estimate of drug-likeness (QED) is 0.795. The minimum Gasteiger partial charge on any atom is -0.496 e. The predicted octanol–water partition coefficient (Wildman–Crippen LogP) is 2.49. The van der Waals surface area contributed by atoms with E-state index in [9.17, 15) is 4.79 Å². The Morgan fingerprint density at radius 3 is 2.48 bits per heavy atom. The number of rotatable bonds is 7. The van der Waals surface area contributed by atoms with Gasteiger partial charge in [-0.25, -0.2) is 0 Å². The molecule has 110 valence electrons. The van der Waals surface area contributed by atoms with Gasteiger partial charge in [0, 0.05) is 6.61 Å². The third-order valence-corrected chi connectivity index (χ3v) is 3.10. The van der Waals surface area contributed by atoms with Gasteiger partial charge in [0.15, 0.2) is 6.61 Å². The van der Waals surface area contributed by atoms with E-state index in [1.807, 2.05) is 18.2 Å². The zero-order chi connectivity index (χ0) is 15.1. The summed E-state index contributed by atoms with van der Waals surface area (Å²) < 4.78 is 10.6. The number of carbonyl (C=O) groups is 1. The van der Waals surface area contributed by atoms with Crippen molar-refractivity contribution in [2.45, 2.75) is 6.42 Å². The van der Waals surface area contributed by atoms with Crippen molar-refractivity contribution in [1.82, 2.24) is 0 Å². The number of hydrogen-bond donors (Lipinski definition) is 1. The van der Waals surface area contributed by atoms with Gasteiger partial charge in [0.05, 0.1) is 12.7 Å². The number of aliphatic hydroxyl groups excluding tert-OH is 1. The van der Waals surface area contributed by atoms with Crippen molar-refractivity contribution in [3.8, 4) is 11.5 Å². The molecule has 1 N–H and O–H groups in total. The van der Waals surface area contributed by atoms with E-state index in [1.165, 1.54) is 7.11 Å². The molecule has 0 aromatic heterocycles. The molecule has 4 heteroatoms. The Morgan fingerprint density at radius 1 is 1.10 bits per heavy atom. The second-order valence-electron chi connectivity index (χ2n) is 4.53. The molecule has 0 amide bonds. The second kappa shape index (κ2) is 7.45. The fourth-order valence-electron chi connectivity index (χ4n) is 1.98. The van der Waals surface area contributed by atoms with Gasteiger partial charge < -0.3 is 14.6 Å². The van der Waals surface area contributed by atoms with Gasteiger partial charge in [0.2, 0.25) is 5.78 Å². The summed E-state index contributed by atoms with van der Waals surface area (Å²) in [4.78, 5) is 12.1. The molecule has 0 aliphatic rings. The van der Waals surface area contributed by atoms with Gasteiger partial charge in [-0.1, -0.05) is 24.3 Å². The lowest BCUT2D eigenvalue weighted by atomic mass is 10.1. The molecule has 0 saturated heterocycles. The van der Waals surface area contributed by atoms with Gasteiger partial charge in [-0.3, -0.25) is 4.79 Å². The highest BCUT2D eigenvalue weighted by atomic mass is 16.5. The highest BCUT2D eigenvalue weighted by Crippen LogP contribution is 2.19. The fourth-order valence-corrected chi connectivity index (χ4v) is 1.98. The molecule has 0 fully saturated rings. The first kappa shape index (κ1) is 15.1. The molecule has 0 aliphatic heterocycles. The van der Waals surface area contributed by atoms with Crippen molar-refractivity contribution in [1.29, 1.82) is 0 Å². The van der Waals surface area contributed by atoms with Crippen LogP contribution in [0.15, 0.2) is 48.5 Å². The van der Waals surface area contributed by atoms with Crippen molar-refractivity contribution >= 4 is 5.78 Å². The number of carbonyl (C=O) groups excluding carboxylic acids is 1. The molecule has 21 heavy (non-hydrogen) atoms. The first-order valence-electron chi connectivity index (χ1n) is 6.73. The number of ketones is 1. The Balaban J connectivity index is 1.97. The van der Waals surface area contributed by atoms with Gasteiger partial charge in [-0.05, 0) is 36.2 Å². The minimum absolute atomic E-state index is 0.0419. The molecule has 0 spiro atoms. The number of para-hydroxylation sites is 1. The lowest BCUT2D eigenvalue weighted by Gasteiger charge is -2.09. The second-order valence-corrected chi connectivity index (χ2v) is 4.53. The number of methoxy groups -OCH3 is 1. The van der Waals surface area contributed by atoms with Crippen molar-refractivity contribution < 1.29 is 19.4 Å². The van der Waals surface area contributed by atoms with Crippen LogP contribution in [-0.2, 0) is 6.42 Å². The monoisotopic (exact) mass is 286 g/mol. The average molecular weight is 286 g/mol. The first-order valence-corrected chi connectivity index (χ1v) is 6.73. The van der Waals surface area contributed by atoms with Crippen LogP contribution in [0.3, 0.4) is 0 Å². The number of hydrogen-bond acceptors (Lipinski definition) is 4. The summed E-state index contributed by atoms with van der Waals surface area (Å²) in [6.07, 6.45) is 0.612. The summed E-state index contributed by atoms with van der Waals surface area (Å²) in [5, 5.41) is 8.85. The number of ether oxygens (including phenoxy) is 2. The molecule has 0 unspecified atom stereocenters. The third-order valence-electron chi connectivity index (χ3n) is 3.10. The van der Waals surface area contributed by atoms with E-state index in [-0.39, 0.29) is 19.0 Å². The van der Waals surface area contributed by atoms with Gasteiger partial charge in [-0.2, -0.15) is 0 Å². The van der Waals surface area contributed by atoms with Gasteiger partial charge >= 0.3 is 0 Å². The van der Waals surface area contributed by atoms with E-state index in [0.29, 0.717) is 23.5 Å². The normalized spacial score (nSPS) is 10.2. The summed E-state index contributed by atoms with van der Waals surface area (Å²) in [5.41, 5.74) is 1.54. The van der Waals surface area contributed by atoms with Gasteiger partial charge in [0.1, 0.15) is 11.5 Å². The van der Waals surface area contributed by atoms with Gasteiger partial charge in [0.25, 0.3) is 0 Å². The van der Waals surface area contributed by atoms with Crippen LogP contribution in [0.25, 0.3) is 0 Å². The maximum Gasteiger partial charge on any atom is 0.203 e. The smallest absolute Gasteiger partial charge is 0.203 e. The standard InChI is InChI=1S/C17H18O4/c1-20-17-5-3-2-4-15(17)16(19)12-21-14-8-6-13(7-9-14)10-11-18/h2-9,18H,10-12H2,1H3. The molecule has 0 saturated carbocycles. The molecule has 0 atom stereocenters. The molecular formula is C17H18O4. The van der Waals surface area contributed by atoms with E-state index in [2.05, 4.69) is 0 Å². The zero-order valence-electron chi connectivity index (χ0n) is 11.9. The number of aliphatic hydroxyl groups is 1. The van der Waals surface area contributed by atoms with Crippen molar-refractivity contribution in [2.75, 3.05) is 20.3 Å². The predicted molar refractivity (Wildman–Crippen MR) is 80.1 cm³/mol. The molecule has 2 aromatic rings. The molecule has 0 radical (unpaired) electrons. The lowest BCUT2D eigenvalue weighted by molar-refractivity contribution is 0.0918. The summed E-state index contributed by atoms with van der Waals surface area (Å²) in [6, 6.07) is 14.4.